The van der Waals surface area contributed by atoms with Gasteiger partial charge < -0.3 is 4.52 Å². The van der Waals surface area contributed by atoms with Crippen molar-refractivity contribution in [3.63, 3.8) is 0 Å². The number of aromatic nitrogens is 1. The van der Waals surface area contributed by atoms with Crippen LogP contribution in [0.1, 0.15) is 34.7 Å². The van der Waals surface area contributed by atoms with Gasteiger partial charge in [-0.2, -0.15) is 0 Å². The smallest absolute Gasteiger partial charge is 0.166 e. The first kappa shape index (κ1) is 14.0. The number of carbonyl (C=O) groups is 1. The van der Waals surface area contributed by atoms with E-state index in [0.717, 1.165) is 49.5 Å². The molecule has 21 heavy (non-hydrogen) atoms. The maximum Gasteiger partial charge on any atom is 0.166 e. The fourth-order valence-corrected chi connectivity index (χ4v) is 2.91. The summed E-state index contributed by atoms with van der Waals surface area (Å²) in [4.78, 5) is 14.8. The maximum atomic E-state index is 12.4. The second-order valence-corrected chi connectivity index (χ2v) is 5.71. The highest BCUT2D eigenvalue weighted by molar-refractivity contribution is 5.97. The van der Waals surface area contributed by atoms with Gasteiger partial charge in [-0.15, -0.1) is 0 Å². The number of rotatable bonds is 4. The third-order valence-electron chi connectivity index (χ3n) is 4.08. The number of hydrogen-bond acceptors (Lipinski definition) is 4. The molecule has 0 bridgehead atoms. The van der Waals surface area contributed by atoms with Crippen LogP contribution in [0.15, 0.2) is 40.9 Å². The summed E-state index contributed by atoms with van der Waals surface area (Å²) in [5.41, 5.74) is 1.81. The number of piperidine rings is 1. The predicted octanol–water partition coefficient (Wildman–Crippen LogP) is 3.08. The largest absolute Gasteiger partial charge is 0.361 e. The number of likely N-dealkylation sites (tertiary alicyclic amines) is 1. The summed E-state index contributed by atoms with van der Waals surface area (Å²) in [6.45, 7) is 4.59. The number of nitrogens with zero attached hydrogens (tertiary/aromatic N) is 2. The lowest BCUT2D eigenvalue weighted by Gasteiger charge is -2.30. The summed E-state index contributed by atoms with van der Waals surface area (Å²) in [6.07, 6.45) is 1.84. The summed E-state index contributed by atoms with van der Waals surface area (Å²) in [6, 6.07) is 11.6. The standard InChI is InChI=1S/C17H20N2O2/c1-13-11-16(18-21-13)12-19-9-7-15(8-10-19)17(20)14-5-3-2-4-6-14/h2-6,11,15H,7-10,12H2,1H3. The highest BCUT2D eigenvalue weighted by Gasteiger charge is 2.26. The summed E-state index contributed by atoms with van der Waals surface area (Å²) >= 11 is 0. The van der Waals surface area contributed by atoms with E-state index in [4.69, 9.17) is 4.52 Å². The molecule has 0 saturated carbocycles. The topological polar surface area (TPSA) is 46.3 Å². The van der Waals surface area contributed by atoms with Crippen LogP contribution >= 0.6 is 0 Å². The van der Waals surface area contributed by atoms with Gasteiger partial charge in [0.25, 0.3) is 0 Å². The van der Waals surface area contributed by atoms with E-state index in [2.05, 4.69) is 10.1 Å². The number of hydrogen-bond donors (Lipinski definition) is 0. The molecule has 0 amide bonds. The summed E-state index contributed by atoms with van der Waals surface area (Å²) in [7, 11) is 0. The lowest BCUT2D eigenvalue weighted by Crippen LogP contribution is -2.36. The molecular weight excluding hydrogens is 264 g/mol. The van der Waals surface area contributed by atoms with E-state index in [1.165, 1.54) is 0 Å². The molecule has 1 aromatic heterocycles. The Morgan fingerprint density at radius 1 is 1.29 bits per heavy atom. The van der Waals surface area contributed by atoms with Crippen LogP contribution in [0.4, 0.5) is 0 Å². The van der Waals surface area contributed by atoms with Crippen molar-refractivity contribution >= 4 is 5.78 Å². The van der Waals surface area contributed by atoms with Crippen LogP contribution in [0.25, 0.3) is 0 Å². The van der Waals surface area contributed by atoms with Gasteiger partial charge >= 0.3 is 0 Å². The molecule has 1 saturated heterocycles. The molecule has 2 heterocycles. The average molecular weight is 284 g/mol. The molecule has 0 atom stereocenters. The second kappa shape index (κ2) is 6.22. The predicted molar refractivity (Wildman–Crippen MR) is 80.0 cm³/mol. The van der Waals surface area contributed by atoms with Gasteiger partial charge in [-0.25, -0.2) is 0 Å². The highest BCUT2D eigenvalue weighted by atomic mass is 16.5. The van der Waals surface area contributed by atoms with Gasteiger partial charge in [-0.3, -0.25) is 9.69 Å². The Morgan fingerprint density at radius 2 is 2.00 bits per heavy atom. The Bertz CT molecular complexity index is 598. The number of Topliss-reactive ketones (excluding diaryl/α,β-unsaturated/α-hetero) is 1. The molecule has 1 aliphatic rings. The summed E-state index contributed by atoms with van der Waals surface area (Å²) < 4.78 is 5.09. The van der Waals surface area contributed by atoms with Crippen LogP contribution in [-0.4, -0.2) is 28.9 Å². The molecule has 1 aliphatic heterocycles. The quantitative estimate of drug-likeness (QED) is 0.809. The van der Waals surface area contributed by atoms with Crippen LogP contribution in [0, 0.1) is 12.8 Å². The Labute approximate surface area is 124 Å². The molecule has 0 radical (unpaired) electrons. The molecule has 0 unspecified atom stereocenters. The lowest BCUT2D eigenvalue weighted by molar-refractivity contribution is 0.0833. The molecule has 1 fully saturated rings. The zero-order valence-corrected chi connectivity index (χ0v) is 12.3. The van der Waals surface area contributed by atoms with E-state index in [-0.39, 0.29) is 11.7 Å². The van der Waals surface area contributed by atoms with Gasteiger partial charge in [0.2, 0.25) is 0 Å². The Balaban J connectivity index is 1.54. The normalized spacial score (nSPS) is 17.0. The first-order valence-electron chi connectivity index (χ1n) is 7.46. The van der Waals surface area contributed by atoms with Crippen LogP contribution in [-0.2, 0) is 6.54 Å². The van der Waals surface area contributed by atoms with Crippen molar-refractivity contribution in [2.45, 2.75) is 26.3 Å². The minimum Gasteiger partial charge on any atom is -0.361 e. The third kappa shape index (κ3) is 3.39. The van der Waals surface area contributed by atoms with E-state index >= 15 is 0 Å². The van der Waals surface area contributed by atoms with E-state index in [1.807, 2.05) is 43.3 Å². The number of ketones is 1. The first-order chi connectivity index (χ1) is 10.2. The lowest BCUT2D eigenvalue weighted by atomic mass is 9.89. The van der Waals surface area contributed by atoms with E-state index < -0.39 is 0 Å². The Hall–Kier alpha value is -1.94. The molecule has 0 aliphatic carbocycles. The third-order valence-corrected chi connectivity index (χ3v) is 4.08. The molecule has 4 heteroatoms. The van der Waals surface area contributed by atoms with E-state index in [0.29, 0.717) is 0 Å². The molecule has 0 N–H and O–H groups in total. The van der Waals surface area contributed by atoms with Gasteiger partial charge in [0.15, 0.2) is 5.78 Å². The van der Waals surface area contributed by atoms with Gasteiger partial charge in [-0.1, -0.05) is 35.5 Å². The maximum absolute atomic E-state index is 12.4. The molecule has 3 rings (SSSR count). The van der Waals surface area contributed by atoms with Crippen molar-refractivity contribution < 1.29 is 9.32 Å². The Kier molecular flexibility index (Phi) is 4.15. The van der Waals surface area contributed by atoms with Gasteiger partial charge in [0.05, 0.1) is 5.69 Å². The minimum absolute atomic E-state index is 0.155. The minimum atomic E-state index is 0.155. The Morgan fingerprint density at radius 3 is 2.62 bits per heavy atom. The number of aryl methyl sites for hydroxylation is 1. The van der Waals surface area contributed by atoms with Crippen LogP contribution < -0.4 is 0 Å². The SMILES string of the molecule is Cc1cc(CN2CCC(C(=O)c3ccccc3)CC2)no1. The molecule has 0 spiro atoms. The van der Waals surface area contributed by atoms with Crippen molar-refractivity contribution in [1.82, 2.24) is 10.1 Å². The number of carbonyl (C=O) groups excluding carboxylic acids is 1. The van der Waals surface area contributed by atoms with Gasteiger partial charge in [0, 0.05) is 24.1 Å². The number of benzene rings is 1. The molecule has 1 aromatic carbocycles. The fraction of sp³-hybridized carbons (Fsp3) is 0.412. The average Bonchev–Trinajstić information content (AvgIpc) is 2.93. The van der Waals surface area contributed by atoms with Crippen molar-refractivity contribution in [1.29, 1.82) is 0 Å². The van der Waals surface area contributed by atoms with Crippen LogP contribution in [0.5, 0.6) is 0 Å². The molecular formula is C17H20N2O2. The van der Waals surface area contributed by atoms with Crippen molar-refractivity contribution in [3.05, 3.63) is 53.4 Å². The first-order valence-corrected chi connectivity index (χ1v) is 7.46. The van der Waals surface area contributed by atoms with Crippen molar-refractivity contribution in [2.24, 2.45) is 5.92 Å². The second-order valence-electron chi connectivity index (χ2n) is 5.71. The molecule has 110 valence electrons. The van der Waals surface area contributed by atoms with Gasteiger partial charge in [0.1, 0.15) is 5.76 Å². The highest BCUT2D eigenvalue weighted by Crippen LogP contribution is 2.22. The monoisotopic (exact) mass is 284 g/mol. The van der Waals surface area contributed by atoms with E-state index in [9.17, 15) is 4.79 Å². The fourth-order valence-electron chi connectivity index (χ4n) is 2.91. The van der Waals surface area contributed by atoms with E-state index in [1.54, 1.807) is 0 Å². The summed E-state index contributed by atoms with van der Waals surface area (Å²) in [5.74, 6) is 1.29. The van der Waals surface area contributed by atoms with Crippen LogP contribution in [0.2, 0.25) is 0 Å². The molecule has 4 nitrogen and oxygen atoms in total. The van der Waals surface area contributed by atoms with Crippen molar-refractivity contribution in [3.8, 4) is 0 Å². The summed E-state index contributed by atoms with van der Waals surface area (Å²) in [5, 5.41) is 4.03. The zero-order chi connectivity index (χ0) is 14.7. The van der Waals surface area contributed by atoms with Crippen molar-refractivity contribution in [2.75, 3.05) is 13.1 Å². The molecule has 2 aromatic rings. The van der Waals surface area contributed by atoms with Gasteiger partial charge in [-0.05, 0) is 32.9 Å². The zero-order valence-electron chi connectivity index (χ0n) is 12.3. The van der Waals surface area contributed by atoms with Crippen LogP contribution in [0.3, 0.4) is 0 Å².